The summed E-state index contributed by atoms with van der Waals surface area (Å²) in [5, 5.41) is 47.8. The van der Waals surface area contributed by atoms with Crippen molar-refractivity contribution >= 4 is 64.7 Å². The molecule has 0 heterocycles. The van der Waals surface area contributed by atoms with Gasteiger partial charge in [-0.2, -0.15) is 0 Å². The van der Waals surface area contributed by atoms with Crippen LogP contribution in [0.15, 0.2) is 23.8 Å². The Morgan fingerprint density at radius 2 is 1.59 bits per heavy atom. The van der Waals surface area contributed by atoms with Crippen molar-refractivity contribution in [2.45, 2.75) is 89.7 Å². The molecule has 4 aliphatic rings. The van der Waals surface area contributed by atoms with Crippen LogP contribution in [0.25, 0.3) is 0 Å². The Labute approximate surface area is 257 Å². The zero-order valence-electron chi connectivity index (χ0n) is 22.7. The van der Waals surface area contributed by atoms with Crippen LogP contribution < -0.4 is 0 Å². The van der Waals surface area contributed by atoms with Crippen LogP contribution in [0.5, 0.6) is 0 Å². The van der Waals surface area contributed by atoms with Gasteiger partial charge in [0, 0.05) is 23.7 Å². The van der Waals surface area contributed by atoms with Gasteiger partial charge >= 0.3 is 41.5 Å². The second-order valence-electron chi connectivity index (χ2n) is 11.2. The molecule has 0 spiro atoms. The number of carboxylic acid groups (broad SMARTS) is 2. The number of alkyl halides is 1. The molecule has 216 valence electrons. The van der Waals surface area contributed by atoms with E-state index in [1.807, 2.05) is 26.8 Å². The number of hydrogen-bond donors (Lipinski definition) is 5. The number of Topliss-reactive ketones (excluding diaryl/α,β-unsaturated/α-hetero) is 1. The Morgan fingerprint density at radius 3 is 2.05 bits per heavy atom. The summed E-state index contributed by atoms with van der Waals surface area (Å²) >= 11 is 7.30. The minimum absolute atomic E-state index is 0. The number of carbonyl (C=O) groups is 4. The van der Waals surface area contributed by atoms with Crippen LogP contribution in [0, 0.1) is 28.6 Å². The first kappa shape index (κ1) is 36.0. The number of allylic oxidation sites excluding steroid dienone is 4. The molecule has 0 bridgehead atoms. The molecule has 0 aromatic heterocycles. The van der Waals surface area contributed by atoms with Crippen LogP contribution in [0.1, 0.15) is 73.1 Å². The standard InChI is InChI=1S/C22H29ClO5.2C3H6O2.Na.H/c1-12-8-16-15-5-4-13-9-14(25)6-7-19(13,2)21(15,23)17(26)10-20(16,3)22(12,28)18(27)11-24;2*1-2-3(4)5;;/h6-7,9,12,15-17,24,26,28H,4-5,8,10-11H2,1-3H3;2*2H2,1H3,(H,4,5);;/t12-,15-,16-,17-,19-,20-,21-,22-;;;;/m0..../s1. The summed E-state index contributed by atoms with van der Waals surface area (Å²) in [6.07, 6.45) is 6.67. The van der Waals surface area contributed by atoms with Gasteiger partial charge in [0.1, 0.15) is 12.2 Å². The van der Waals surface area contributed by atoms with E-state index in [2.05, 4.69) is 0 Å². The van der Waals surface area contributed by atoms with Gasteiger partial charge in [0.25, 0.3) is 0 Å². The first-order valence-electron chi connectivity index (χ1n) is 13.1. The third kappa shape index (κ3) is 5.96. The van der Waals surface area contributed by atoms with E-state index in [4.69, 9.17) is 21.8 Å². The molecule has 0 saturated heterocycles. The van der Waals surface area contributed by atoms with E-state index in [0.29, 0.717) is 19.3 Å². The van der Waals surface area contributed by atoms with Gasteiger partial charge in [-0.3, -0.25) is 19.2 Å². The molecule has 39 heavy (non-hydrogen) atoms. The van der Waals surface area contributed by atoms with Gasteiger partial charge in [0.2, 0.25) is 0 Å². The molecule has 5 N–H and O–H groups in total. The number of ketones is 2. The minimum atomic E-state index is -1.68. The van der Waals surface area contributed by atoms with Crippen LogP contribution in [0.2, 0.25) is 0 Å². The topological polar surface area (TPSA) is 169 Å². The fourth-order valence-electron chi connectivity index (χ4n) is 7.26. The number of fused-ring (bicyclic) bond motifs is 5. The molecule has 0 aromatic carbocycles. The van der Waals surface area contributed by atoms with Gasteiger partial charge in [0.05, 0.1) is 11.0 Å². The van der Waals surface area contributed by atoms with Gasteiger partial charge < -0.3 is 25.5 Å². The number of halogens is 1. The Bertz CT molecular complexity index is 1010. The summed E-state index contributed by atoms with van der Waals surface area (Å²) in [5.74, 6) is -2.64. The Kier molecular flexibility index (Phi) is 12.2. The molecule has 8 atom stereocenters. The molecule has 0 unspecified atom stereocenters. The van der Waals surface area contributed by atoms with E-state index >= 15 is 0 Å². The number of aliphatic carboxylic acids is 2. The first-order valence-corrected chi connectivity index (χ1v) is 13.5. The molecule has 3 saturated carbocycles. The molecule has 11 heteroatoms. The first-order chi connectivity index (χ1) is 17.5. The van der Waals surface area contributed by atoms with Crippen molar-refractivity contribution < 1.29 is 44.7 Å². The van der Waals surface area contributed by atoms with Crippen molar-refractivity contribution in [3.8, 4) is 0 Å². The zero-order valence-corrected chi connectivity index (χ0v) is 23.5. The molecular weight excluding hydrogens is 539 g/mol. The molecular formula is C28H42ClNaO9. The summed E-state index contributed by atoms with van der Waals surface area (Å²) in [6.45, 7) is 8.17. The summed E-state index contributed by atoms with van der Waals surface area (Å²) in [7, 11) is 0. The summed E-state index contributed by atoms with van der Waals surface area (Å²) in [4.78, 5) is 42.2. The van der Waals surface area contributed by atoms with Crippen LogP contribution in [-0.4, -0.2) is 102 Å². The molecule has 9 nitrogen and oxygen atoms in total. The fraction of sp³-hybridized carbons (Fsp3) is 0.714. The molecule has 0 amide bonds. The predicted molar refractivity (Wildman–Crippen MR) is 148 cm³/mol. The van der Waals surface area contributed by atoms with Crippen molar-refractivity contribution in [1.29, 1.82) is 0 Å². The van der Waals surface area contributed by atoms with E-state index in [0.717, 1.165) is 5.57 Å². The maximum absolute atomic E-state index is 12.6. The van der Waals surface area contributed by atoms with Crippen molar-refractivity contribution in [3.63, 3.8) is 0 Å². The normalized spacial score (nSPS) is 39.6. The van der Waals surface area contributed by atoms with Gasteiger partial charge in [0.15, 0.2) is 11.6 Å². The van der Waals surface area contributed by atoms with Crippen LogP contribution in [-0.2, 0) is 19.2 Å². The van der Waals surface area contributed by atoms with E-state index in [1.165, 1.54) is 6.08 Å². The molecule has 0 radical (unpaired) electrons. The average molecular weight is 581 g/mol. The number of carboxylic acids is 2. The third-order valence-corrected chi connectivity index (χ3v) is 10.3. The van der Waals surface area contributed by atoms with Crippen LogP contribution >= 0.6 is 11.6 Å². The van der Waals surface area contributed by atoms with Crippen molar-refractivity contribution in [1.82, 2.24) is 0 Å². The SMILES string of the molecule is CCC(=O)O.CCC(=O)O.C[C@H]1C[C@H]2[C@@H]3CCC4=CC(=O)C=C[C@]4(C)[C@@]3(Cl)[C@@H](O)C[C@]2(C)[C@@]1(O)C(=O)CO.[NaH]. The molecule has 4 rings (SSSR count). The van der Waals surface area contributed by atoms with Crippen molar-refractivity contribution in [3.05, 3.63) is 23.8 Å². The van der Waals surface area contributed by atoms with Gasteiger partial charge in [-0.1, -0.05) is 46.3 Å². The van der Waals surface area contributed by atoms with Gasteiger partial charge in [-0.05, 0) is 55.6 Å². The summed E-state index contributed by atoms with van der Waals surface area (Å²) in [6, 6.07) is 0. The number of rotatable bonds is 4. The van der Waals surface area contributed by atoms with E-state index in [9.17, 15) is 34.5 Å². The molecule has 4 aliphatic carbocycles. The van der Waals surface area contributed by atoms with Crippen molar-refractivity contribution in [2.75, 3.05) is 6.61 Å². The Morgan fingerprint density at radius 1 is 1.08 bits per heavy atom. The van der Waals surface area contributed by atoms with Gasteiger partial charge in [-0.15, -0.1) is 11.6 Å². The Balaban J connectivity index is 0.000000595. The average Bonchev–Trinajstić information content (AvgIpc) is 3.06. The second-order valence-corrected chi connectivity index (χ2v) is 11.9. The fourth-order valence-corrected chi connectivity index (χ4v) is 7.78. The molecule has 3 fully saturated rings. The number of aliphatic hydroxyl groups excluding tert-OH is 2. The quantitative estimate of drug-likeness (QED) is 0.247. The number of aliphatic hydroxyl groups is 3. The van der Waals surface area contributed by atoms with Crippen LogP contribution in [0.4, 0.5) is 0 Å². The maximum atomic E-state index is 12.6. The third-order valence-electron chi connectivity index (χ3n) is 9.40. The molecule has 0 aliphatic heterocycles. The number of hydrogen-bond acceptors (Lipinski definition) is 7. The van der Waals surface area contributed by atoms with Gasteiger partial charge in [-0.25, -0.2) is 0 Å². The van der Waals surface area contributed by atoms with Crippen LogP contribution in [0.3, 0.4) is 0 Å². The second kappa shape index (κ2) is 13.3. The van der Waals surface area contributed by atoms with E-state index in [1.54, 1.807) is 19.9 Å². The predicted octanol–water partition coefficient (Wildman–Crippen LogP) is 2.48. The summed E-state index contributed by atoms with van der Waals surface area (Å²) in [5.41, 5.74) is -2.25. The Hall–Kier alpha value is -1.07. The van der Waals surface area contributed by atoms with Crippen molar-refractivity contribution in [2.24, 2.45) is 28.6 Å². The van der Waals surface area contributed by atoms with E-state index in [-0.39, 0.29) is 72.4 Å². The molecule has 0 aromatic rings. The monoisotopic (exact) mass is 580 g/mol. The zero-order chi connectivity index (χ0) is 29.3. The summed E-state index contributed by atoms with van der Waals surface area (Å²) < 4.78 is 0. The van der Waals surface area contributed by atoms with E-state index < -0.39 is 51.7 Å². The number of carbonyl (C=O) groups excluding carboxylic acids is 2.